The van der Waals surface area contributed by atoms with Crippen molar-refractivity contribution in [3.05, 3.63) is 46.8 Å². The number of aryl methyl sites for hydroxylation is 3. The van der Waals surface area contributed by atoms with Crippen LogP contribution >= 0.6 is 0 Å². The van der Waals surface area contributed by atoms with Gasteiger partial charge in [0.15, 0.2) is 5.76 Å². The predicted octanol–water partition coefficient (Wildman–Crippen LogP) is 3.39. The van der Waals surface area contributed by atoms with Gasteiger partial charge in [0.1, 0.15) is 0 Å². The molecule has 1 unspecified atom stereocenters. The van der Waals surface area contributed by atoms with Crippen molar-refractivity contribution in [2.75, 3.05) is 6.54 Å². The first-order chi connectivity index (χ1) is 11.6. The summed E-state index contributed by atoms with van der Waals surface area (Å²) in [4.78, 5) is 0.409. The Morgan fingerprint density at radius 1 is 1.12 bits per heavy atom. The lowest BCUT2D eigenvalue weighted by atomic mass is 9.92. The lowest BCUT2D eigenvalue weighted by Crippen LogP contribution is -2.30. The van der Waals surface area contributed by atoms with Crippen molar-refractivity contribution in [3.8, 4) is 0 Å². The summed E-state index contributed by atoms with van der Waals surface area (Å²) in [5, 5.41) is 3.91. The van der Waals surface area contributed by atoms with Crippen LogP contribution in [0.4, 0.5) is 0 Å². The van der Waals surface area contributed by atoms with E-state index in [-0.39, 0.29) is 6.04 Å². The van der Waals surface area contributed by atoms with Crippen LogP contribution in [0.5, 0.6) is 0 Å². The lowest BCUT2D eigenvalue weighted by Gasteiger charge is -2.23. The molecule has 5 nitrogen and oxygen atoms in total. The van der Waals surface area contributed by atoms with E-state index in [0.717, 1.165) is 37.8 Å². The van der Waals surface area contributed by atoms with Crippen molar-refractivity contribution in [2.45, 2.75) is 56.4 Å². The molecule has 1 aromatic heterocycles. The number of benzene rings is 1. The molecule has 4 rings (SSSR count). The van der Waals surface area contributed by atoms with Crippen LogP contribution in [0.1, 0.15) is 54.3 Å². The van der Waals surface area contributed by atoms with E-state index in [0.29, 0.717) is 17.2 Å². The number of nitrogens with zero attached hydrogens (tertiary/aromatic N) is 2. The Hall–Kier alpha value is -1.66. The highest BCUT2D eigenvalue weighted by atomic mass is 32.2. The summed E-state index contributed by atoms with van der Waals surface area (Å²) in [6, 6.07) is 7.23. The van der Waals surface area contributed by atoms with Gasteiger partial charge in [0.25, 0.3) is 0 Å². The van der Waals surface area contributed by atoms with Gasteiger partial charge in [-0.05, 0) is 68.7 Å². The zero-order chi connectivity index (χ0) is 16.7. The summed E-state index contributed by atoms with van der Waals surface area (Å²) in [5.41, 5.74) is 3.26. The summed E-state index contributed by atoms with van der Waals surface area (Å²) in [6.45, 7) is 2.38. The molecule has 2 aliphatic rings. The number of fused-ring (bicyclic) bond motifs is 1. The fourth-order valence-corrected chi connectivity index (χ4v) is 5.57. The second-order valence-corrected chi connectivity index (χ2v) is 8.67. The first-order valence-corrected chi connectivity index (χ1v) is 10.1. The maximum Gasteiger partial charge on any atom is 0.243 e. The fourth-order valence-electron chi connectivity index (χ4n) is 3.86. The van der Waals surface area contributed by atoms with Gasteiger partial charge in [-0.3, -0.25) is 0 Å². The summed E-state index contributed by atoms with van der Waals surface area (Å²) >= 11 is 0. The molecule has 0 N–H and O–H groups in total. The highest BCUT2D eigenvalue weighted by molar-refractivity contribution is 7.89. The van der Waals surface area contributed by atoms with Crippen molar-refractivity contribution in [1.82, 2.24) is 9.46 Å². The van der Waals surface area contributed by atoms with Gasteiger partial charge in [-0.2, -0.15) is 4.31 Å². The number of rotatable bonds is 3. The molecule has 2 heterocycles. The molecule has 1 aliphatic heterocycles. The molecular weight excluding hydrogens is 324 g/mol. The van der Waals surface area contributed by atoms with Crippen molar-refractivity contribution >= 4 is 10.0 Å². The summed E-state index contributed by atoms with van der Waals surface area (Å²) in [7, 11) is -3.51. The number of hydrogen-bond donors (Lipinski definition) is 0. The smallest absolute Gasteiger partial charge is 0.243 e. The van der Waals surface area contributed by atoms with Gasteiger partial charge in [0.05, 0.1) is 16.6 Å². The Labute approximate surface area is 142 Å². The van der Waals surface area contributed by atoms with Crippen LogP contribution in [0.25, 0.3) is 0 Å². The molecule has 0 bridgehead atoms. The summed E-state index contributed by atoms with van der Waals surface area (Å²) in [6.07, 6.45) is 5.98. The Morgan fingerprint density at radius 2 is 1.92 bits per heavy atom. The Bertz CT molecular complexity index is 857. The van der Waals surface area contributed by atoms with E-state index in [9.17, 15) is 8.42 Å². The zero-order valence-corrected chi connectivity index (χ0v) is 14.7. The van der Waals surface area contributed by atoms with E-state index < -0.39 is 10.0 Å². The third-order valence-corrected chi connectivity index (χ3v) is 7.01. The molecular formula is C18H22N2O3S. The third kappa shape index (κ3) is 2.67. The molecule has 0 saturated carbocycles. The molecule has 24 heavy (non-hydrogen) atoms. The van der Waals surface area contributed by atoms with Gasteiger partial charge < -0.3 is 4.52 Å². The SMILES string of the molecule is Cc1cc(C2CCCN2S(=O)(=O)c2ccc3c(c2)CCCC3)on1. The van der Waals surface area contributed by atoms with Crippen LogP contribution in [0.2, 0.25) is 0 Å². The molecule has 2 aromatic rings. The topological polar surface area (TPSA) is 63.4 Å². The van der Waals surface area contributed by atoms with Crippen LogP contribution in [0, 0.1) is 6.92 Å². The monoisotopic (exact) mass is 346 g/mol. The maximum absolute atomic E-state index is 13.2. The van der Waals surface area contributed by atoms with Gasteiger partial charge in [-0.1, -0.05) is 11.2 Å². The second kappa shape index (κ2) is 6.01. The van der Waals surface area contributed by atoms with Crippen LogP contribution in [0.3, 0.4) is 0 Å². The second-order valence-electron chi connectivity index (χ2n) is 6.78. The predicted molar refractivity (Wildman–Crippen MR) is 90.2 cm³/mol. The third-order valence-electron chi connectivity index (χ3n) is 5.10. The van der Waals surface area contributed by atoms with Gasteiger partial charge in [0.2, 0.25) is 10.0 Å². The molecule has 1 atom stereocenters. The molecule has 1 fully saturated rings. The summed E-state index contributed by atoms with van der Waals surface area (Å²) in [5.74, 6) is 0.645. The molecule has 0 spiro atoms. The largest absolute Gasteiger partial charge is 0.359 e. The molecule has 6 heteroatoms. The van der Waals surface area contributed by atoms with Crippen molar-refractivity contribution in [1.29, 1.82) is 0 Å². The standard InChI is InChI=1S/C18H22N2O3S/c1-13-11-18(23-19-13)17-7-4-10-20(17)24(21,22)16-9-8-14-5-2-3-6-15(14)12-16/h8-9,11-12,17H,2-7,10H2,1H3. The zero-order valence-electron chi connectivity index (χ0n) is 13.9. The van der Waals surface area contributed by atoms with Crippen LogP contribution in [-0.2, 0) is 22.9 Å². The Balaban J connectivity index is 1.69. The molecule has 1 aliphatic carbocycles. The van der Waals surface area contributed by atoms with Crippen LogP contribution in [-0.4, -0.2) is 24.4 Å². The first kappa shape index (κ1) is 15.8. The Morgan fingerprint density at radius 3 is 2.67 bits per heavy atom. The number of aromatic nitrogens is 1. The first-order valence-electron chi connectivity index (χ1n) is 8.62. The van der Waals surface area contributed by atoms with Gasteiger partial charge >= 0.3 is 0 Å². The normalized spacial score (nSPS) is 21.8. The van der Waals surface area contributed by atoms with Crippen molar-refractivity contribution in [3.63, 3.8) is 0 Å². The quantitative estimate of drug-likeness (QED) is 0.854. The minimum atomic E-state index is -3.51. The van der Waals surface area contributed by atoms with Crippen LogP contribution < -0.4 is 0 Å². The van der Waals surface area contributed by atoms with Gasteiger partial charge in [0, 0.05) is 12.6 Å². The van der Waals surface area contributed by atoms with Gasteiger partial charge in [-0.15, -0.1) is 0 Å². The highest BCUT2D eigenvalue weighted by Crippen LogP contribution is 2.37. The molecule has 128 valence electrons. The van der Waals surface area contributed by atoms with Crippen LogP contribution in [0.15, 0.2) is 33.7 Å². The van der Waals surface area contributed by atoms with E-state index in [1.165, 1.54) is 17.5 Å². The average molecular weight is 346 g/mol. The van der Waals surface area contributed by atoms with E-state index in [2.05, 4.69) is 5.16 Å². The molecule has 0 amide bonds. The van der Waals surface area contributed by atoms with Crippen molar-refractivity contribution in [2.24, 2.45) is 0 Å². The van der Waals surface area contributed by atoms with E-state index in [1.807, 2.05) is 25.1 Å². The molecule has 1 saturated heterocycles. The number of sulfonamides is 1. The van der Waals surface area contributed by atoms with E-state index in [4.69, 9.17) is 4.52 Å². The van der Waals surface area contributed by atoms with E-state index in [1.54, 1.807) is 10.4 Å². The average Bonchev–Trinajstić information content (AvgIpc) is 3.23. The molecule has 0 radical (unpaired) electrons. The maximum atomic E-state index is 13.2. The highest BCUT2D eigenvalue weighted by Gasteiger charge is 2.38. The lowest BCUT2D eigenvalue weighted by molar-refractivity contribution is 0.297. The summed E-state index contributed by atoms with van der Waals surface area (Å²) < 4.78 is 33.3. The Kier molecular flexibility index (Phi) is 3.96. The molecule has 1 aromatic carbocycles. The van der Waals surface area contributed by atoms with Gasteiger partial charge in [-0.25, -0.2) is 8.42 Å². The fraction of sp³-hybridized carbons (Fsp3) is 0.500. The van der Waals surface area contributed by atoms with E-state index >= 15 is 0 Å². The minimum Gasteiger partial charge on any atom is -0.359 e. The number of hydrogen-bond acceptors (Lipinski definition) is 4. The van der Waals surface area contributed by atoms with Crippen molar-refractivity contribution < 1.29 is 12.9 Å². The minimum absolute atomic E-state index is 0.243.